The monoisotopic (exact) mass is 362 g/mol. The number of amides is 1. The van der Waals surface area contributed by atoms with Crippen molar-refractivity contribution in [3.63, 3.8) is 0 Å². The Hall–Kier alpha value is -2.41. The molecule has 0 radical (unpaired) electrons. The Morgan fingerprint density at radius 3 is 2.31 bits per heavy atom. The zero-order valence-corrected chi connectivity index (χ0v) is 15.1. The third kappa shape index (κ3) is 5.05. The highest BCUT2D eigenvalue weighted by molar-refractivity contribution is 5.90. The van der Waals surface area contributed by atoms with Crippen LogP contribution in [0.5, 0.6) is 0 Å². The topological polar surface area (TPSA) is 119 Å². The smallest absolute Gasteiger partial charge is 0.333 e. The number of benzene rings is 1. The molecule has 142 valence electrons. The fourth-order valence-corrected chi connectivity index (χ4v) is 3.30. The molecule has 7 heteroatoms. The summed E-state index contributed by atoms with van der Waals surface area (Å²) < 4.78 is 5.70. The molecular weight excluding hydrogens is 336 g/mol. The summed E-state index contributed by atoms with van der Waals surface area (Å²) in [6, 6.07) is 6.44. The van der Waals surface area contributed by atoms with Crippen LogP contribution in [0.25, 0.3) is 0 Å². The zero-order valence-electron chi connectivity index (χ0n) is 15.1. The van der Waals surface area contributed by atoms with Crippen LogP contribution >= 0.6 is 0 Å². The highest BCUT2D eigenvalue weighted by Crippen LogP contribution is 2.34. The van der Waals surface area contributed by atoms with Crippen molar-refractivity contribution in [2.75, 3.05) is 0 Å². The van der Waals surface area contributed by atoms with Gasteiger partial charge in [-0.3, -0.25) is 9.59 Å². The number of ether oxygens (including phenoxy) is 1. The van der Waals surface area contributed by atoms with E-state index in [2.05, 4.69) is 5.32 Å². The summed E-state index contributed by atoms with van der Waals surface area (Å²) >= 11 is 0. The lowest BCUT2D eigenvalue weighted by molar-refractivity contribution is -0.156. The van der Waals surface area contributed by atoms with Crippen molar-refractivity contribution in [3.8, 4) is 0 Å². The van der Waals surface area contributed by atoms with Crippen LogP contribution in [0, 0.1) is 11.8 Å². The Balaban J connectivity index is 2.15. The summed E-state index contributed by atoms with van der Waals surface area (Å²) in [6.45, 7) is 4.08. The largest absolute Gasteiger partial charge is 0.481 e. The Morgan fingerprint density at radius 1 is 1.19 bits per heavy atom. The second-order valence-corrected chi connectivity index (χ2v) is 6.99. The maximum absolute atomic E-state index is 12.8. The number of carboxylic acid groups (broad SMARTS) is 1. The van der Waals surface area contributed by atoms with Crippen LogP contribution in [0.15, 0.2) is 30.3 Å². The number of nitrogens with two attached hydrogens (primary N) is 1. The summed E-state index contributed by atoms with van der Waals surface area (Å²) in [6.07, 6.45) is 1.27. The number of carboxylic acids is 1. The first-order valence-electron chi connectivity index (χ1n) is 8.82. The number of rotatable bonds is 7. The molecular formula is C19H26N2O5. The lowest BCUT2D eigenvalue weighted by Crippen LogP contribution is -2.46. The summed E-state index contributed by atoms with van der Waals surface area (Å²) in [5.74, 6) is -1.92. The van der Waals surface area contributed by atoms with Gasteiger partial charge in [-0.25, -0.2) is 4.79 Å². The van der Waals surface area contributed by atoms with Gasteiger partial charge in [-0.05, 0) is 30.2 Å². The van der Waals surface area contributed by atoms with Crippen LogP contribution in [0.4, 0.5) is 0 Å². The van der Waals surface area contributed by atoms with E-state index >= 15 is 0 Å². The Morgan fingerprint density at radius 2 is 1.77 bits per heavy atom. The molecule has 7 nitrogen and oxygen atoms in total. The molecule has 4 atom stereocenters. The minimum Gasteiger partial charge on any atom is -0.481 e. The van der Waals surface area contributed by atoms with E-state index in [0.717, 1.165) is 12.8 Å². The SMILES string of the molecule is CC1CCC(C)C1OC(=O)[C@H](NC(=O)[C@@H](N)CC(=O)O)c1ccccc1. The van der Waals surface area contributed by atoms with Crippen LogP contribution in [-0.4, -0.2) is 35.1 Å². The molecule has 1 saturated carbocycles. The van der Waals surface area contributed by atoms with Gasteiger partial charge in [0.1, 0.15) is 6.10 Å². The predicted molar refractivity (Wildman–Crippen MR) is 95.0 cm³/mol. The van der Waals surface area contributed by atoms with Crippen LogP contribution < -0.4 is 11.1 Å². The average Bonchev–Trinajstić information content (AvgIpc) is 2.91. The van der Waals surface area contributed by atoms with E-state index in [9.17, 15) is 14.4 Å². The third-order valence-corrected chi connectivity index (χ3v) is 4.84. The lowest BCUT2D eigenvalue weighted by Gasteiger charge is -2.25. The van der Waals surface area contributed by atoms with Gasteiger partial charge in [0.2, 0.25) is 5.91 Å². The molecule has 0 heterocycles. The first kappa shape index (κ1) is 19.9. The van der Waals surface area contributed by atoms with Gasteiger partial charge >= 0.3 is 11.9 Å². The van der Waals surface area contributed by atoms with Crippen molar-refractivity contribution in [3.05, 3.63) is 35.9 Å². The van der Waals surface area contributed by atoms with Crippen LogP contribution in [-0.2, 0) is 19.1 Å². The van der Waals surface area contributed by atoms with E-state index in [-0.39, 0.29) is 17.9 Å². The minimum atomic E-state index is -1.24. The number of carbonyl (C=O) groups excluding carboxylic acids is 2. The van der Waals surface area contributed by atoms with E-state index in [4.69, 9.17) is 15.6 Å². The van der Waals surface area contributed by atoms with Gasteiger partial charge in [0.05, 0.1) is 12.5 Å². The van der Waals surface area contributed by atoms with E-state index in [0.29, 0.717) is 5.56 Å². The molecule has 0 aromatic heterocycles. The first-order chi connectivity index (χ1) is 12.3. The predicted octanol–water partition coefficient (Wildman–Crippen LogP) is 1.62. The van der Waals surface area contributed by atoms with Crippen LogP contribution in [0.3, 0.4) is 0 Å². The maximum atomic E-state index is 12.8. The van der Waals surface area contributed by atoms with Gasteiger partial charge in [0.25, 0.3) is 0 Å². The molecule has 0 saturated heterocycles. The van der Waals surface area contributed by atoms with Crippen molar-refractivity contribution in [2.24, 2.45) is 17.6 Å². The highest BCUT2D eigenvalue weighted by Gasteiger charge is 2.36. The number of nitrogens with one attached hydrogen (secondary N) is 1. The Bertz CT molecular complexity index is 639. The van der Waals surface area contributed by atoms with Gasteiger partial charge in [0.15, 0.2) is 6.04 Å². The summed E-state index contributed by atoms with van der Waals surface area (Å²) in [5.41, 5.74) is 6.17. The molecule has 0 bridgehead atoms. The molecule has 1 aliphatic rings. The number of hydrogen-bond acceptors (Lipinski definition) is 5. The molecule has 4 N–H and O–H groups in total. The van der Waals surface area contributed by atoms with Gasteiger partial charge in [-0.1, -0.05) is 44.2 Å². The van der Waals surface area contributed by atoms with Gasteiger partial charge in [-0.2, -0.15) is 0 Å². The molecule has 1 aromatic carbocycles. The summed E-state index contributed by atoms with van der Waals surface area (Å²) in [5, 5.41) is 11.3. The fourth-order valence-electron chi connectivity index (χ4n) is 3.30. The van der Waals surface area contributed by atoms with E-state index in [1.54, 1.807) is 30.3 Å². The Labute approximate surface area is 152 Å². The van der Waals surface area contributed by atoms with Crippen molar-refractivity contribution in [1.82, 2.24) is 5.32 Å². The molecule has 26 heavy (non-hydrogen) atoms. The average molecular weight is 362 g/mol. The number of esters is 1. The maximum Gasteiger partial charge on any atom is 0.333 e. The van der Waals surface area contributed by atoms with E-state index in [1.807, 2.05) is 13.8 Å². The molecule has 0 spiro atoms. The molecule has 0 aliphatic heterocycles. The third-order valence-electron chi connectivity index (χ3n) is 4.84. The second kappa shape index (κ2) is 8.80. The second-order valence-electron chi connectivity index (χ2n) is 6.99. The molecule has 2 unspecified atom stereocenters. The normalized spacial score (nSPS) is 24.5. The standard InChI is InChI=1S/C19H26N2O5/c1-11-8-9-12(2)17(11)26-19(25)16(13-6-4-3-5-7-13)21-18(24)14(20)10-15(22)23/h3-7,11-12,14,16-17H,8-10,20H2,1-2H3,(H,21,24)(H,22,23)/t11?,12?,14-,16+,17?/m0/s1. The highest BCUT2D eigenvalue weighted by atomic mass is 16.5. The van der Waals surface area contributed by atoms with Crippen molar-refractivity contribution in [2.45, 2.75) is 51.3 Å². The van der Waals surface area contributed by atoms with Crippen LogP contribution in [0.1, 0.15) is 44.7 Å². The van der Waals surface area contributed by atoms with Crippen molar-refractivity contribution < 1.29 is 24.2 Å². The van der Waals surface area contributed by atoms with Gasteiger partial charge < -0.3 is 20.9 Å². The number of aliphatic carboxylic acids is 1. The Kier molecular flexibility index (Phi) is 6.74. The first-order valence-corrected chi connectivity index (χ1v) is 8.82. The molecule has 1 amide bonds. The van der Waals surface area contributed by atoms with E-state index < -0.39 is 36.4 Å². The minimum absolute atomic E-state index is 0.196. The fraction of sp³-hybridized carbons (Fsp3) is 0.526. The summed E-state index contributed by atoms with van der Waals surface area (Å²) in [7, 11) is 0. The number of carbonyl (C=O) groups is 3. The molecule has 2 rings (SSSR count). The molecule has 1 aliphatic carbocycles. The van der Waals surface area contributed by atoms with Crippen LogP contribution in [0.2, 0.25) is 0 Å². The molecule has 1 fully saturated rings. The zero-order chi connectivity index (χ0) is 19.3. The number of hydrogen-bond donors (Lipinski definition) is 3. The van der Waals surface area contributed by atoms with Crippen molar-refractivity contribution in [1.29, 1.82) is 0 Å². The van der Waals surface area contributed by atoms with Gasteiger partial charge in [0, 0.05) is 0 Å². The quantitative estimate of drug-likeness (QED) is 0.634. The van der Waals surface area contributed by atoms with E-state index in [1.165, 1.54) is 0 Å². The summed E-state index contributed by atoms with van der Waals surface area (Å²) in [4.78, 5) is 35.8. The van der Waals surface area contributed by atoms with Gasteiger partial charge in [-0.15, -0.1) is 0 Å². The lowest BCUT2D eigenvalue weighted by atomic mass is 10.0. The van der Waals surface area contributed by atoms with Crippen molar-refractivity contribution >= 4 is 17.8 Å². The molecule has 1 aromatic rings.